The third kappa shape index (κ3) is 4.00. The van der Waals surface area contributed by atoms with Gasteiger partial charge in [0, 0.05) is 6.20 Å². The largest absolute Gasteiger partial charge is 0.476 e. The average Bonchev–Trinajstić information content (AvgIpc) is 3.40. The van der Waals surface area contributed by atoms with E-state index in [0.29, 0.717) is 24.1 Å². The molecule has 0 aliphatic heterocycles. The van der Waals surface area contributed by atoms with Gasteiger partial charge in [-0.15, -0.1) is 0 Å². The Balaban J connectivity index is 1.68. The molecule has 5 nitrogen and oxygen atoms in total. The molecule has 0 saturated heterocycles. The Hall–Kier alpha value is -2.56. The summed E-state index contributed by atoms with van der Waals surface area (Å²) in [5.74, 6) is 0.955. The molecule has 0 bridgehead atoms. The summed E-state index contributed by atoms with van der Waals surface area (Å²) in [5, 5.41) is 5.92. The normalized spacial score (nSPS) is 14.8. The van der Waals surface area contributed by atoms with Crippen LogP contribution in [-0.4, -0.2) is 17.6 Å². The van der Waals surface area contributed by atoms with Gasteiger partial charge in [0.2, 0.25) is 5.88 Å². The third-order valence-corrected chi connectivity index (χ3v) is 3.84. The summed E-state index contributed by atoms with van der Waals surface area (Å²) < 4.78 is 5.43. The number of ether oxygens (including phenoxy) is 1. The van der Waals surface area contributed by atoms with Crippen LogP contribution in [0.3, 0.4) is 0 Å². The first kappa shape index (κ1) is 15.3. The highest BCUT2D eigenvalue weighted by atomic mass is 16.5. The molecule has 1 aromatic heterocycles. The van der Waals surface area contributed by atoms with Crippen molar-refractivity contribution in [2.24, 2.45) is 5.92 Å². The molecule has 0 radical (unpaired) electrons. The highest BCUT2D eigenvalue weighted by Gasteiger charge is 2.33. The minimum absolute atomic E-state index is 0.0448. The van der Waals surface area contributed by atoms with Crippen molar-refractivity contribution in [2.45, 2.75) is 25.8 Å². The maximum absolute atomic E-state index is 12.4. The Morgan fingerprint density at radius 3 is 2.74 bits per heavy atom. The van der Waals surface area contributed by atoms with E-state index in [9.17, 15) is 4.79 Å². The molecule has 0 unspecified atom stereocenters. The Morgan fingerprint density at radius 1 is 1.26 bits per heavy atom. The van der Waals surface area contributed by atoms with Crippen LogP contribution in [0.2, 0.25) is 0 Å². The molecular formula is C18H21N3O2. The summed E-state index contributed by atoms with van der Waals surface area (Å²) in [4.78, 5) is 16.5. The zero-order valence-corrected chi connectivity index (χ0v) is 13.2. The van der Waals surface area contributed by atoms with Crippen LogP contribution in [0, 0.1) is 5.92 Å². The molecule has 2 amide bonds. The van der Waals surface area contributed by atoms with Crippen molar-refractivity contribution < 1.29 is 9.53 Å². The number of carbonyl (C=O) groups excluding carboxylic acids is 1. The van der Waals surface area contributed by atoms with Crippen molar-refractivity contribution in [3.05, 3.63) is 54.2 Å². The predicted molar refractivity (Wildman–Crippen MR) is 89.5 cm³/mol. The zero-order chi connectivity index (χ0) is 16.1. The molecule has 1 atom stereocenters. The van der Waals surface area contributed by atoms with Gasteiger partial charge in [-0.3, -0.25) is 0 Å². The fourth-order valence-corrected chi connectivity index (χ4v) is 2.60. The molecule has 0 spiro atoms. The Kier molecular flexibility index (Phi) is 4.76. The van der Waals surface area contributed by atoms with Gasteiger partial charge in [-0.1, -0.05) is 30.3 Å². The van der Waals surface area contributed by atoms with Crippen molar-refractivity contribution in [2.75, 3.05) is 11.9 Å². The van der Waals surface area contributed by atoms with Crippen LogP contribution >= 0.6 is 0 Å². The second-order valence-corrected chi connectivity index (χ2v) is 5.61. The zero-order valence-electron chi connectivity index (χ0n) is 13.2. The molecular weight excluding hydrogens is 290 g/mol. The SMILES string of the molecule is CCOc1ncccc1NC(=O)N[C@@H](c1ccccc1)C1CC1. The number of pyridine rings is 1. The van der Waals surface area contributed by atoms with Crippen molar-refractivity contribution in [3.63, 3.8) is 0 Å². The molecule has 1 saturated carbocycles. The summed E-state index contributed by atoms with van der Waals surface area (Å²) in [6.07, 6.45) is 3.94. The van der Waals surface area contributed by atoms with E-state index in [4.69, 9.17) is 4.74 Å². The third-order valence-electron chi connectivity index (χ3n) is 3.84. The number of amides is 2. The summed E-state index contributed by atoms with van der Waals surface area (Å²) in [6, 6.07) is 13.5. The Labute approximate surface area is 136 Å². The second-order valence-electron chi connectivity index (χ2n) is 5.61. The molecule has 3 rings (SSSR count). The van der Waals surface area contributed by atoms with Crippen LogP contribution in [0.1, 0.15) is 31.4 Å². The maximum Gasteiger partial charge on any atom is 0.319 e. The van der Waals surface area contributed by atoms with Gasteiger partial charge in [0.1, 0.15) is 5.69 Å². The van der Waals surface area contributed by atoms with Gasteiger partial charge in [0.25, 0.3) is 0 Å². The quantitative estimate of drug-likeness (QED) is 0.854. The van der Waals surface area contributed by atoms with Crippen molar-refractivity contribution in [1.29, 1.82) is 0 Å². The summed E-state index contributed by atoms with van der Waals surface area (Å²) in [6.45, 7) is 2.39. The first-order valence-electron chi connectivity index (χ1n) is 7.98. The lowest BCUT2D eigenvalue weighted by Crippen LogP contribution is -2.33. The van der Waals surface area contributed by atoms with Gasteiger partial charge < -0.3 is 15.4 Å². The average molecular weight is 311 g/mol. The van der Waals surface area contributed by atoms with Crippen LogP contribution in [-0.2, 0) is 0 Å². The van der Waals surface area contributed by atoms with Crippen molar-refractivity contribution in [3.8, 4) is 5.88 Å². The number of rotatable bonds is 6. The highest BCUT2D eigenvalue weighted by molar-refractivity contribution is 5.90. The van der Waals surface area contributed by atoms with Gasteiger partial charge in [0.05, 0.1) is 12.6 Å². The first-order valence-corrected chi connectivity index (χ1v) is 7.98. The van der Waals surface area contributed by atoms with Crippen LogP contribution < -0.4 is 15.4 Å². The van der Waals surface area contributed by atoms with E-state index in [1.165, 1.54) is 0 Å². The number of aromatic nitrogens is 1. The van der Waals surface area contributed by atoms with E-state index in [-0.39, 0.29) is 12.1 Å². The smallest absolute Gasteiger partial charge is 0.319 e. The number of nitrogens with zero attached hydrogens (tertiary/aromatic N) is 1. The van der Waals surface area contributed by atoms with Crippen LogP contribution in [0.4, 0.5) is 10.5 Å². The van der Waals surface area contributed by atoms with Gasteiger partial charge >= 0.3 is 6.03 Å². The standard InChI is InChI=1S/C18H21N3O2/c1-2-23-17-15(9-6-12-19-17)20-18(22)21-16(14-10-11-14)13-7-4-3-5-8-13/h3-9,12,14,16H,2,10-11H2,1H3,(H2,20,21,22)/t16-/m0/s1. The number of urea groups is 1. The van der Waals surface area contributed by atoms with Crippen molar-refractivity contribution in [1.82, 2.24) is 10.3 Å². The van der Waals surface area contributed by atoms with E-state index in [2.05, 4.69) is 27.8 Å². The van der Waals surface area contributed by atoms with Gasteiger partial charge in [-0.25, -0.2) is 9.78 Å². The van der Waals surface area contributed by atoms with E-state index in [1.54, 1.807) is 18.3 Å². The number of carbonyl (C=O) groups is 1. The monoisotopic (exact) mass is 311 g/mol. The number of hydrogen-bond donors (Lipinski definition) is 2. The molecule has 1 fully saturated rings. The minimum atomic E-state index is -0.236. The first-order chi connectivity index (χ1) is 11.3. The fourth-order valence-electron chi connectivity index (χ4n) is 2.60. The van der Waals surface area contributed by atoms with Gasteiger partial charge in [-0.2, -0.15) is 0 Å². The molecule has 1 heterocycles. The molecule has 1 aromatic carbocycles. The molecule has 2 N–H and O–H groups in total. The summed E-state index contributed by atoms with van der Waals surface area (Å²) in [5.41, 5.74) is 1.72. The lowest BCUT2D eigenvalue weighted by atomic mass is 10.0. The van der Waals surface area contributed by atoms with Crippen molar-refractivity contribution >= 4 is 11.7 Å². The number of hydrogen-bond acceptors (Lipinski definition) is 3. The lowest BCUT2D eigenvalue weighted by molar-refractivity contribution is 0.246. The minimum Gasteiger partial charge on any atom is -0.476 e. The van der Waals surface area contributed by atoms with E-state index < -0.39 is 0 Å². The fraction of sp³-hybridized carbons (Fsp3) is 0.333. The van der Waals surface area contributed by atoms with Gasteiger partial charge in [0.15, 0.2) is 0 Å². The highest BCUT2D eigenvalue weighted by Crippen LogP contribution is 2.41. The molecule has 1 aliphatic carbocycles. The van der Waals surface area contributed by atoms with Crippen LogP contribution in [0.5, 0.6) is 5.88 Å². The number of nitrogens with one attached hydrogen (secondary N) is 2. The summed E-state index contributed by atoms with van der Waals surface area (Å²) in [7, 11) is 0. The molecule has 23 heavy (non-hydrogen) atoms. The van der Waals surface area contributed by atoms with Gasteiger partial charge in [-0.05, 0) is 43.4 Å². The van der Waals surface area contributed by atoms with Crippen LogP contribution in [0.15, 0.2) is 48.7 Å². The second kappa shape index (κ2) is 7.13. The topological polar surface area (TPSA) is 63.2 Å². The van der Waals surface area contributed by atoms with E-state index in [0.717, 1.165) is 18.4 Å². The molecule has 5 heteroatoms. The number of anilines is 1. The van der Waals surface area contributed by atoms with Crippen LogP contribution in [0.25, 0.3) is 0 Å². The molecule has 120 valence electrons. The number of benzene rings is 1. The summed E-state index contributed by atoms with van der Waals surface area (Å²) >= 11 is 0. The molecule has 1 aliphatic rings. The predicted octanol–water partition coefficient (Wildman–Crippen LogP) is 3.75. The maximum atomic E-state index is 12.4. The van der Waals surface area contributed by atoms with E-state index in [1.807, 2.05) is 25.1 Å². The van der Waals surface area contributed by atoms with E-state index >= 15 is 0 Å². The Morgan fingerprint density at radius 2 is 2.04 bits per heavy atom. The Bertz CT molecular complexity index is 656. The lowest BCUT2D eigenvalue weighted by Gasteiger charge is -2.19. The molecule has 2 aromatic rings.